The van der Waals surface area contributed by atoms with Crippen molar-refractivity contribution in [2.45, 2.75) is 30.3 Å². The van der Waals surface area contributed by atoms with Gasteiger partial charge in [-0.05, 0) is 43.5 Å². The molecule has 102 valence electrons. The Kier molecular flexibility index (Phi) is 2.25. The van der Waals surface area contributed by atoms with Gasteiger partial charge in [0.05, 0.1) is 5.52 Å². The van der Waals surface area contributed by atoms with E-state index in [-0.39, 0.29) is 17.0 Å². The van der Waals surface area contributed by atoms with Crippen LogP contribution < -0.4 is 11.1 Å². The van der Waals surface area contributed by atoms with Crippen LogP contribution in [0.2, 0.25) is 5.02 Å². The topological polar surface area (TPSA) is 68.0 Å². The summed E-state index contributed by atoms with van der Waals surface area (Å²) in [6.07, 6.45) is 2.65. The molecule has 0 saturated heterocycles. The molecule has 1 aromatic heterocycles. The first-order chi connectivity index (χ1) is 9.47. The molecule has 2 bridgehead atoms. The van der Waals surface area contributed by atoms with Crippen LogP contribution in [0.1, 0.15) is 29.8 Å². The maximum absolute atomic E-state index is 12.3. The molecule has 0 atom stereocenters. The zero-order valence-electron chi connectivity index (χ0n) is 10.8. The quantitative estimate of drug-likeness (QED) is 0.890. The van der Waals surface area contributed by atoms with Crippen LogP contribution in [0.5, 0.6) is 0 Å². The van der Waals surface area contributed by atoms with E-state index in [1.807, 2.05) is 18.2 Å². The molecule has 0 aliphatic heterocycles. The summed E-state index contributed by atoms with van der Waals surface area (Å²) in [5, 5.41) is 4.67. The minimum Gasteiger partial charge on any atom is -0.345 e. The van der Waals surface area contributed by atoms with Gasteiger partial charge in [-0.1, -0.05) is 17.7 Å². The minimum atomic E-state index is -0.122. The van der Waals surface area contributed by atoms with Gasteiger partial charge in [-0.15, -0.1) is 0 Å². The second-order valence-electron chi connectivity index (χ2n) is 6.16. The number of aromatic nitrogens is 1. The molecule has 3 aliphatic carbocycles. The lowest BCUT2D eigenvalue weighted by molar-refractivity contribution is -0.0713. The van der Waals surface area contributed by atoms with Gasteiger partial charge in [0.1, 0.15) is 5.69 Å². The zero-order valence-corrected chi connectivity index (χ0v) is 11.6. The molecule has 1 aromatic carbocycles. The number of pyridine rings is 1. The molecule has 0 spiro atoms. The minimum absolute atomic E-state index is 0.0131. The summed E-state index contributed by atoms with van der Waals surface area (Å²) in [5.74, 6) is -0.122. The lowest BCUT2D eigenvalue weighted by Gasteiger charge is -2.68. The average molecular weight is 288 g/mol. The number of rotatable bonds is 2. The molecule has 1 heterocycles. The number of hydrogen-bond donors (Lipinski definition) is 2. The summed E-state index contributed by atoms with van der Waals surface area (Å²) < 4.78 is 0. The molecular formula is C15H14ClN3O. The number of carbonyl (C=O) groups is 1. The van der Waals surface area contributed by atoms with Crippen molar-refractivity contribution in [2.75, 3.05) is 0 Å². The Bertz CT molecular complexity index is 723. The second-order valence-corrected chi connectivity index (χ2v) is 6.60. The van der Waals surface area contributed by atoms with E-state index in [9.17, 15) is 4.79 Å². The van der Waals surface area contributed by atoms with E-state index in [1.54, 1.807) is 12.1 Å². The molecule has 3 saturated carbocycles. The summed E-state index contributed by atoms with van der Waals surface area (Å²) >= 11 is 5.93. The van der Waals surface area contributed by atoms with Gasteiger partial charge in [-0.25, -0.2) is 4.98 Å². The SMILES string of the molecule is NC12CC(NC(=O)c3ccc4cc(Cl)ccc4n3)(C1)C2. The maximum Gasteiger partial charge on any atom is 0.270 e. The molecule has 0 radical (unpaired) electrons. The lowest BCUT2D eigenvalue weighted by atomic mass is 9.44. The van der Waals surface area contributed by atoms with Crippen molar-refractivity contribution in [3.63, 3.8) is 0 Å². The third kappa shape index (κ3) is 1.72. The predicted molar refractivity (Wildman–Crippen MR) is 77.7 cm³/mol. The number of amides is 1. The number of nitrogens with two attached hydrogens (primary N) is 1. The average Bonchev–Trinajstić information content (AvgIpc) is 2.34. The van der Waals surface area contributed by atoms with Crippen LogP contribution >= 0.6 is 11.6 Å². The summed E-state index contributed by atoms with van der Waals surface area (Å²) in [4.78, 5) is 16.6. The van der Waals surface area contributed by atoms with Crippen molar-refractivity contribution in [1.29, 1.82) is 0 Å². The van der Waals surface area contributed by atoms with Gasteiger partial charge in [-0.3, -0.25) is 4.79 Å². The first kappa shape index (κ1) is 12.1. The summed E-state index contributed by atoms with van der Waals surface area (Å²) in [6, 6.07) is 9.04. The second kappa shape index (κ2) is 3.71. The molecule has 3 aliphatic rings. The van der Waals surface area contributed by atoms with E-state index in [0.29, 0.717) is 10.7 Å². The Morgan fingerprint density at radius 1 is 1.25 bits per heavy atom. The number of halogens is 1. The summed E-state index contributed by atoms with van der Waals surface area (Å²) in [7, 11) is 0. The summed E-state index contributed by atoms with van der Waals surface area (Å²) in [6.45, 7) is 0. The van der Waals surface area contributed by atoms with Gasteiger partial charge in [0.15, 0.2) is 0 Å². The van der Waals surface area contributed by atoms with Gasteiger partial charge < -0.3 is 11.1 Å². The van der Waals surface area contributed by atoms with Crippen LogP contribution in [0.4, 0.5) is 0 Å². The van der Waals surface area contributed by atoms with Crippen LogP contribution in [0.3, 0.4) is 0 Å². The Hall–Kier alpha value is -1.65. The highest BCUT2D eigenvalue weighted by atomic mass is 35.5. The van der Waals surface area contributed by atoms with E-state index in [0.717, 1.165) is 30.2 Å². The van der Waals surface area contributed by atoms with Crippen LogP contribution in [0, 0.1) is 0 Å². The van der Waals surface area contributed by atoms with E-state index in [4.69, 9.17) is 17.3 Å². The monoisotopic (exact) mass is 287 g/mol. The predicted octanol–water partition coefficient (Wildman–Crippen LogP) is 2.25. The fraction of sp³-hybridized carbons (Fsp3) is 0.333. The van der Waals surface area contributed by atoms with Gasteiger partial charge in [0.2, 0.25) is 0 Å². The van der Waals surface area contributed by atoms with Gasteiger partial charge in [-0.2, -0.15) is 0 Å². The van der Waals surface area contributed by atoms with Gasteiger partial charge in [0.25, 0.3) is 5.91 Å². The highest BCUT2D eigenvalue weighted by Gasteiger charge is 2.66. The number of carbonyl (C=O) groups excluding carboxylic acids is 1. The third-order valence-corrected chi connectivity index (χ3v) is 4.57. The van der Waals surface area contributed by atoms with E-state index in [2.05, 4.69) is 10.3 Å². The molecule has 3 N–H and O–H groups in total. The fourth-order valence-corrected chi connectivity index (χ4v) is 3.71. The Morgan fingerprint density at radius 3 is 2.70 bits per heavy atom. The maximum atomic E-state index is 12.3. The van der Waals surface area contributed by atoms with Crippen molar-refractivity contribution in [3.8, 4) is 0 Å². The van der Waals surface area contributed by atoms with Crippen molar-refractivity contribution in [1.82, 2.24) is 10.3 Å². The molecular weight excluding hydrogens is 274 g/mol. The van der Waals surface area contributed by atoms with Crippen LogP contribution in [-0.4, -0.2) is 22.0 Å². The molecule has 2 aromatic rings. The van der Waals surface area contributed by atoms with E-state index >= 15 is 0 Å². The van der Waals surface area contributed by atoms with Crippen molar-refractivity contribution in [3.05, 3.63) is 41.0 Å². The standard InChI is InChI=1S/C15H14ClN3O/c16-10-2-4-11-9(5-10)1-3-12(18-11)13(20)19-15-6-14(17,7-15)8-15/h1-5H,6-8,17H2,(H,19,20). The first-order valence-corrected chi connectivity index (χ1v) is 7.03. The summed E-state index contributed by atoms with van der Waals surface area (Å²) in [5.41, 5.74) is 7.13. The molecule has 3 fully saturated rings. The normalized spacial score (nSPS) is 30.5. The number of nitrogens with zero attached hydrogens (tertiary/aromatic N) is 1. The fourth-order valence-electron chi connectivity index (χ4n) is 3.53. The Morgan fingerprint density at radius 2 is 2.00 bits per heavy atom. The number of hydrogen-bond acceptors (Lipinski definition) is 3. The van der Waals surface area contributed by atoms with Crippen molar-refractivity contribution in [2.24, 2.45) is 5.73 Å². The van der Waals surface area contributed by atoms with Gasteiger partial charge >= 0.3 is 0 Å². The molecule has 0 unspecified atom stereocenters. The Labute approximate surface area is 121 Å². The third-order valence-electron chi connectivity index (χ3n) is 4.33. The number of nitrogens with one attached hydrogen (secondary N) is 1. The molecule has 4 nitrogen and oxygen atoms in total. The van der Waals surface area contributed by atoms with E-state index < -0.39 is 0 Å². The molecule has 5 rings (SSSR count). The zero-order chi connectivity index (χ0) is 14.0. The van der Waals surface area contributed by atoms with Crippen LogP contribution in [0.15, 0.2) is 30.3 Å². The number of benzene rings is 1. The lowest BCUT2D eigenvalue weighted by Crippen LogP contribution is -2.82. The van der Waals surface area contributed by atoms with Crippen molar-refractivity contribution >= 4 is 28.4 Å². The van der Waals surface area contributed by atoms with Crippen molar-refractivity contribution < 1.29 is 4.79 Å². The largest absolute Gasteiger partial charge is 0.345 e. The molecule has 1 amide bonds. The molecule has 20 heavy (non-hydrogen) atoms. The first-order valence-electron chi connectivity index (χ1n) is 6.65. The van der Waals surface area contributed by atoms with Gasteiger partial charge in [0, 0.05) is 21.5 Å². The number of fused-ring (bicyclic) bond motifs is 1. The Balaban J connectivity index is 1.59. The highest BCUT2D eigenvalue weighted by molar-refractivity contribution is 6.31. The highest BCUT2D eigenvalue weighted by Crippen LogP contribution is 2.58. The van der Waals surface area contributed by atoms with Crippen LogP contribution in [-0.2, 0) is 0 Å². The van der Waals surface area contributed by atoms with Crippen LogP contribution in [0.25, 0.3) is 10.9 Å². The van der Waals surface area contributed by atoms with E-state index in [1.165, 1.54) is 0 Å². The smallest absolute Gasteiger partial charge is 0.270 e. The molecule has 5 heteroatoms.